The Balaban J connectivity index is 1.96. The van der Waals surface area contributed by atoms with Crippen LogP contribution in [0.1, 0.15) is 12.5 Å². The summed E-state index contributed by atoms with van der Waals surface area (Å²) in [6, 6.07) is 12.6. The van der Waals surface area contributed by atoms with Crippen molar-refractivity contribution in [1.82, 2.24) is 5.32 Å². The fourth-order valence-electron chi connectivity index (χ4n) is 2.43. The lowest BCUT2D eigenvalue weighted by Crippen LogP contribution is -2.30. The number of rotatable bonds is 4. The van der Waals surface area contributed by atoms with Crippen molar-refractivity contribution in [3.63, 3.8) is 0 Å². The van der Waals surface area contributed by atoms with E-state index in [0.29, 0.717) is 33.9 Å². The third-order valence-corrected chi connectivity index (χ3v) is 4.56. The van der Waals surface area contributed by atoms with E-state index in [1.807, 2.05) is 25.1 Å². The molecule has 0 unspecified atom stereocenters. The number of anilines is 1. The molecule has 0 aromatic heterocycles. The summed E-state index contributed by atoms with van der Waals surface area (Å²) in [7, 11) is 0. The fraction of sp³-hybridized carbons (Fsp3) is 0.111. The lowest BCUT2D eigenvalue weighted by Gasteiger charge is -2.13. The first-order valence-electron chi connectivity index (χ1n) is 7.54. The number of ether oxygens (including phenoxy) is 1. The zero-order valence-corrected chi connectivity index (χ0v) is 16.4. The van der Waals surface area contributed by atoms with Crippen molar-refractivity contribution >= 4 is 62.5 Å². The molecule has 0 spiro atoms. The second kappa shape index (κ2) is 7.56. The minimum atomic E-state index is -0.227. The monoisotopic (exact) mass is 436 g/mol. The fourth-order valence-corrected chi connectivity index (χ4v) is 3.24. The van der Waals surface area contributed by atoms with E-state index < -0.39 is 0 Å². The van der Waals surface area contributed by atoms with Gasteiger partial charge < -0.3 is 10.1 Å². The largest absolute Gasteiger partial charge is 0.493 e. The average Bonchev–Trinajstić information content (AvgIpc) is 2.85. The van der Waals surface area contributed by atoms with Crippen molar-refractivity contribution in [2.75, 3.05) is 11.5 Å². The summed E-state index contributed by atoms with van der Waals surface area (Å²) < 4.78 is 6.52. The van der Waals surface area contributed by atoms with Crippen molar-refractivity contribution in [2.45, 2.75) is 6.92 Å². The molecule has 0 atom stereocenters. The van der Waals surface area contributed by atoms with Gasteiger partial charge >= 0.3 is 0 Å². The summed E-state index contributed by atoms with van der Waals surface area (Å²) in [5.41, 5.74) is 1.83. The van der Waals surface area contributed by atoms with Crippen LogP contribution in [0.3, 0.4) is 0 Å². The Labute approximate surface area is 164 Å². The van der Waals surface area contributed by atoms with Gasteiger partial charge in [-0.25, -0.2) is 0 Å². The van der Waals surface area contributed by atoms with Crippen LogP contribution in [-0.2, 0) is 4.79 Å². The highest BCUT2D eigenvalue weighted by Crippen LogP contribution is 2.28. The predicted molar refractivity (Wildman–Crippen MR) is 108 cm³/mol. The lowest BCUT2D eigenvalue weighted by molar-refractivity contribution is -0.113. The molecule has 2 aromatic carbocycles. The molecule has 1 saturated heterocycles. The van der Waals surface area contributed by atoms with Gasteiger partial charge in [0.05, 0.1) is 12.3 Å². The number of amides is 1. The average molecular weight is 438 g/mol. The molecule has 4 nitrogen and oxygen atoms in total. The zero-order valence-electron chi connectivity index (χ0n) is 13.3. The van der Waals surface area contributed by atoms with Gasteiger partial charge in [0.15, 0.2) is 5.11 Å². The molecular weight excluding hydrogens is 424 g/mol. The number of nitrogens with one attached hydrogen (secondary N) is 1. The number of nitrogens with zero attached hydrogens (tertiary/aromatic N) is 1. The lowest BCUT2D eigenvalue weighted by atomic mass is 10.1. The normalized spacial score (nSPS) is 15.6. The van der Waals surface area contributed by atoms with Crippen LogP contribution in [0, 0.1) is 0 Å². The van der Waals surface area contributed by atoms with Gasteiger partial charge in [-0.15, -0.1) is 0 Å². The molecular formula is C18H14BrClN2O2S. The van der Waals surface area contributed by atoms with Crippen LogP contribution in [0.25, 0.3) is 6.08 Å². The summed E-state index contributed by atoms with van der Waals surface area (Å²) in [6.07, 6.45) is 1.74. The molecule has 1 fully saturated rings. The first-order valence-corrected chi connectivity index (χ1v) is 9.12. The van der Waals surface area contributed by atoms with E-state index in [0.717, 1.165) is 10.0 Å². The molecule has 3 rings (SSSR count). The van der Waals surface area contributed by atoms with Crippen LogP contribution >= 0.6 is 39.7 Å². The SMILES string of the molecule is CCOc1ccc(Br)cc1C=C1NC(=S)N(c2ccc(Cl)cc2)C1=O. The maximum atomic E-state index is 12.8. The Kier molecular flexibility index (Phi) is 5.42. The Morgan fingerprint density at radius 3 is 2.68 bits per heavy atom. The molecule has 1 N–H and O–H groups in total. The van der Waals surface area contributed by atoms with Crippen LogP contribution in [0.2, 0.25) is 5.02 Å². The number of hydrogen-bond donors (Lipinski definition) is 1. The minimum absolute atomic E-state index is 0.227. The van der Waals surface area contributed by atoms with Crippen LogP contribution in [0.5, 0.6) is 5.75 Å². The Hall–Kier alpha value is -1.89. The minimum Gasteiger partial charge on any atom is -0.493 e. The maximum absolute atomic E-state index is 12.8. The van der Waals surface area contributed by atoms with Gasteiger partial charge in [-0.3, -0.25) is 9.69 Å². The number of thiocarbonyl (C=S) groups is 1. The number of carbonyl (C=O) groups is 1. The second-order valence-corrected chi connectivity index (χ2v) is 6.96. The molecule has 0 aliphatic carbocycles. The van der Waals surface area contributed by atoms with Gasteiger partial charge in [0, 0.05) is 15.1 Å². The predicted octanol–water partition coefficient (Wildman–Crippen LogP) is 4.76. The van der Waals surface area contributed by atoms with Gasteiger partial charge in [-0.05, 0) is 67.7 Å². The molecule has 1 aliphatic heterocycles. The molecule has 0 saturated carbocycles. The summed E-state index contributed by atoms with van der Waals surface area (Å²) >= 11 is 14.7. The third kappa shape index (κ3) is 3.86. The molecule has 1 heterocycles. The summed E-state index contributed by atoms with van der Waals surface area (Å²) in [5.74, 6) is 0.471. The van der Waals surface area contributed by atoms with Crippen molar-refractivity contribution in [3.05, 3.63) is 63.2 Å². The molecule has 7 heteroatoms. The van der Waals surface area contributed by atoms with E-state index in [9.17, 15) is 4.79 Å². The van der Waals surface area contributed by atoms with E-state index >= 15 is 0 Å². The highest BCUT2D eigenvalue weighted by molar-refractivity contribution is 9.10. The topological polar surface area (TPSA) is 41.6 Å². The van der Waals surface area contributed by atoms with Crippen molar-refractivity contribution in [3.8, 4) is 5.75 Å². The third-order valence-electron chi connectivity index (χ3n) is 3.53. The first kappa shape index (κ1) is 17.9. The second-order valence-electron chi connectivity index (χ2n) is 5.22. The van der Waals surface area contributed by atoms with Crippen molar-refractivity contribution < 1.29 is 9.53 Å². The zero-order chi connectivity index (χ0) is 18.0. The highest BCUT2D eigenvalue weighted by Gasteiger charge is 2.32. The van der Waals surface area contributed by atoms with Crippen LogP contribution in [-0.4, -0.2) is 17.6 Å². The van der Waals surface area contributed by atoms with E-state index in [2.05, 4.69) is 21.2 Å². The first-order chi connectivity index (χ1) is 12.0. The number of hydrogen-bond acceptors (Lipinski definition) is 3. The molecule has 0 bridgehead atoms. The smallest absolute Gasteiger partial charge is 0.281 e. The molecule has 25 heavy (non-hydrogen) atoms. The highest BCUT2D eigenvalue weighted by atomic mass is 79.9. The van der Waals surface area contributed by atoms with E-state index in [4.69, 9.17) is 28.6 Å². The van der Waals surface area contributed by atoms with Gasteiger partial charge in [-0.1, -0.05) is 27.5 Å². The van der Waals surface area contributed by atoms with Gasteiger partial charge in [-0.2, -0.15) is 0 Å². The van der Waals surface area contributed by atoms with Crippen molar-refractivity contribution in [2.24, 2.45) is 0 Å². The van der Waals surface area contributed by atoms with E-state index in [1.165, 1.54) is 4.90 Å². The molecule has 0 radical (unpaired) electrons. The van der Waals surface area contributed by atoms with Gasteiger partial charge in [0.2, 0.25) is 0 Å². The molecule has 2 aromatic rings. The van der Waals surface area contributed by atoms with Crippen molar-refractivity contribution in [1.29, 1.82) is 0 Å². The van der Waals surface area contributed by atoms with Crippen LogP contribution in [0.15, 0.2) is 52.6 Å². The standard InChI is InChI=1S/C18H14BrClN2O2S/c1-2-24-16-8-3-12(19)9-11(16)10-15-17(23)22(18(25)21-15)14-6-4-13(20)5-7-14/h3-10H,2H2,1H3,(H,21,25). The quantitative estimate of drug-likeness (QED) is 0.553. The summed E-state index contributed by atoms with van der Waals surface area (Å²) in [6.45, 7) is 2.45. The molecule has 128 valence electrons. The van der Waals surface area contributed by atoms with Crippen LogP contribution in [0.4, 0.5) is 5.69 Å². The maximum Gasteiger partial charge on any atom is 0.281 e. The Bertz CT molecular complexity index is 868. The van der Waals surface area contributed by atoms with E-state index in [1.54, 1.807) is 30.3 Å². The van der Waals surface area contributed by atoms with Gasteiger partial charge in [0.1, 0.15) is 11.4 Å². The molecule has 1 amide bonds. The summed E-state index contributed by atoms with van der Waals surface area (Å²) in [4.78, 5) is 14.2. The number of carbonyl (C=O) groups excluding carboxylic acids is 1. The number of halogens is 2. The number of benzene rings is 2. The Morgan fingerprint density at radius 1 is 1.28 bits per heavy atom. The summed E-state index contributed by atoms with van der Waals surface area (Å²) in [5, 5.41) is 3.89. The van der Waals surface area contributed by atoms with Gasteiger partial charge in [0.25, 0.3) is 5.91 Å². The Morgan fingerprint density at radius 2 is 2.00 bits per heavy atom. The van der Waals surface area contributed by atoms with Crippen LogP contribution < -0.4 is 15.0 Å². The molecule has 1 aliphatic rings. The van der Waals surface area contributed by atoms with E-state index in [-0.39, 0.29) is 5.91 Å².